The molecule has 1 rings (SSSR count). The fourth-order valence-corrected chi connectivity index (χ4v) is 3.93. The average Bonchev–Trinajstić information content (AvgIpc) is 2.01. The van der Waals surface area contributed by atoms with Gasteiger partial charge in [-0.05, 0) is 6.92 Å². The second-order valence-electron chi connectivity index (χ2n) is 4.81. The first-order chi connectivity index (χ1) is 5.93. The molecule has 0 bridgehead atoms. The van der Waals surface area contributed by atoms with Crippen LogP contribution in [0.1, 0.15) is 5.56 Å². The van der Waals surface area contributed by atoms with E-state index in [2.05, 4.69) is 51.3 Å². The van der Waals surface area contributed by atoms with Crippen molar-refractivity contribution in [2.45, 2.75) is 33.1 Å². The van der Waals surface area contributed by atoms with Gasteiger partial charge < -0.3 is 0 Å². The van der Waals surface area contributed by atoms with Gasteiger partial charge in [-0.1, -0.05) is 60.3 Å². The number of aryl methyl sites for hydroxylation is 1. The van der Waals surface area contributed by atoms with Crippen LogP contribution in [0.4, 0.5) is 0 Å². The van der Waals surface area contributed by atoms with Gasteiger partial charge >= 0.3 is 0 Å². The molecule has 13 heavy (non-hydrogen) atoms. The minimum atomic E-state index is -1.09. The van der Waals surface area contributed by atoms with Crippen molar-refractivity contribution in [1.82, 2.24) is 0 Å². The normalized spacial score (nSPS) is 12.7. The van der Waals surface area contributed by atoms with Crippen LogP contribution in [0.2, 0.25) is 26.2 Å². The van der Waals surface area contributed by atoms with Crippen molar-refractivity contribution in [2.75, 3.05) is 0 Å². The van der Waals surface area contributed by atoms with E-state index in [1.807, 2.05) is 0 Å². The van der Waals surface area contributed by atoms with Crippen molar-refractivity contribution < 1.29 is 0 Å². The summed E-state index contributed by atoms with van der Waals surface area (Å²) >= 11 is 0. The van der Waals surface area contributed by atoms with Gasteiger partial charge in [0, 0.05) is 0 Å². The highest BCUT2D eigenvalue weighted by Gasteiger charge is 2.16. The Kier molecular flexibility index (Phi) is 3.14. The van der Waals surface area contributed by atoms with E-state index in [-0.39, 0.29) is 9.52 Å². The third-order valence-corrected chi connectivity index (χ3v) is 5.66. The van der Waals surface area contributed by atoms with Gasteiger partial charge in [-0.25, -0.2) is 0 Å². The van der Waals surface area contributed by atoms with Crippen LogP contribution in [-0.2, 0) is 0 Å². The van der Waals surface area contributed by atoms with Crippen LogP contribution in [0, 0.1) is 6.92 Å². The Morgan fingerprint density at radius 2 is 1.69 bits per heavy atom. The Bertz CT molecular complexity index is 297. The highest BCUT2D eigenvalue weighted by Crippen LogP contribution is 2.02. The highest BCUT2D eigenvalue weighted by atomic mass is 28.3. The molecule has 1 aromatic carbocycles. The molecule has 0 aliphatic rings. The van der Waals surface area contributed by atoms with Crippen molar-refractivity contribution in [3.05, 3.63) is 23.8 Å². The molecule has 0 spiro atoms. The van der Waals surface area contributed by atoms with E-state index < -0.39 is 8.07 Å². The number of hydrogen-bond acceptors (Lipinski definition) is 0. The molecule has 2 heteroatoms. The van der Waals surface area contributed by atoms with Gasteiger partial charge in [0.15, 0.2) is 0 Å². The van der Waals surface area contributed by atoms with Gasteiger partial charge in [-0.3, -0.25) is 0 Å². The maximum Gasteiger partial charge on any atom is 0.0775 e. The van der Waals surface area contributed by atoms with Crippen molar-refractivity contribution in [2.24, 2.45) is 0 Å². The molecule has 0 radical (unpaired) electrons. The second kappa shape index (κ2) is 3.80. The van der Waals surface area contributed by atoms with E-state index in [0.29, 0.717) is 0 Å². The summed E-state index contributed by atoms with van der Waals surface area (Å²) in [6.45, 7) is 11.8. The summed E-state index contributed by atoms with van der Waals surface area (Å²) in [7, 11) is -1.08. The fourth-order valence-electron chi connectivity index (χ4n) is 1.50. The van der Waals surface area contributed by atoms with Crippen LogP contribution >= 0.6 is 0 Å². The van der Waals surface area contributed by atoms with Crippen LogP contribution < -0.4 is 10.4 Å². The summed E-state index contributed by atoms with van der Waals surface area (Å²) in [6.07, 6.45) is 0. The van der Waals surface area contributed by atoms with Crippen molar-refractivity contribution in [3.63, 3.8) is 0 Å². The monoisotopic (exact) mass is 208 g/mol. The second-order valence-corrected chi connectivity index (χ2v) is 11.4. The van der Waals surface area contributed by atoms with E-state index >= 15 is 0 Å². The lowest BCUT2D eigenvalue weighted by Gasteiger charge is -2.18. The zero-order valence-electron chi connectivity index (χ0n) is 9.44. The molecular formula is C11H20Si2. The Labute approximate surface area is 85.2 Å². The van der Waals surface area contributed by atoms with Gasteiger partial charge in [-0.2, -0.15) is 0 Å². The molecule has 0 unspecified atom stereocenters. The van der Waals surface area contributed by atoms with Gasteiger partial charge in [-0.15, -0.1) is 0 Å². The summed E-state index contributed by atoms with van der Waals surface area (Å²) in [4.78, 5) is 0. The molecule has 0 saturated carbocycles. The molecule has 0 fully saturated rings. The van der Waals surface area contributed by atoms with Crippen LogP contribution in [0.15, 0.2) is 18.2 Å². The predicted molar refractivity (Wildman–Crippen MR) is 68.2 cm³/mol. The Hall–Kier alpha value is -0.346. The Morgan fingerprint density at radius 1 is 1.08 bits per heavy atom. The summed E-state index contributed by atoms with van der Waals surface area (Å²) in [5.41, 5.74) is 1.45. The summed E-state index contributed by atoms with van der Waals surface area (Å²) < 4.78 is 0. The maximum atomic E-state index is 2.45. The van der Waals surface area contributed by atoms with E-state index in [1.54, 1.807) is 10.4 Å². The molecule has 0 atom stereocenters. The SMILES string of the molecule is C[SiH2]c1cc(C)cc([Si](C)(C)C)c1. The number of benzene rings is 1. The first-order valence-corrected chi connectivity index (χ1v) is 10.7. The lowest BCUT2D eigenvalue weighted by atomic mass is 10.2. The molecule has 0 heterocycles. The molecule has 72 valence electrons. The van der Waals surface area contributed by atoms with Crippen LogP contribution in [0.3, 0.4) is 0 Å². The quantitative estimate of drug-likeness (QED) is 0.644. The zero-order valence-corrected chi connectivity index (χ0v) is 11.9. The summed E-state index contributed by atoms with van der Waals surface area (Å²) in [5.74, 6) is 0. The third-order valence-electron chi connectivity index (χ3n) is 2.41. The number of hydrogen-bond donors (Lipinski definition) is 0. The first kappa shape index (κ1) is 10.7. The average molecular weight is 208 g/mol. The maximum absolute atomic E-state index is 2.45. The van der Waals surface area contributed by atoms with E-state index in [9.17, 15) is 0 Å². The molecule has 0 saturated heterocycles. The van der Waals surface area contributed by atoms with Gasteiger partial charge in [0.2, 0.25) is 0 Å². The molecule has 0 aliphatic heterocycles. The fraction of sp³-hybridized carbons (Fsp3) is 0.455. The lowest BCUT2D eigenvalue weighted by molar-refractivity contribution is 1.50. The number of rotatable bonds is 2. The van der Waals surface area contributed by atoms with Gasteiger partial charge in [0.25, 0.3) is 0 Å². The van der Waals surface area contributed by atoms with E-state index in [1.165, 1.54) is 5.56 Å². The largest absolute Gasteiger partial charge is 0.0775 e. The standard InChI is InChI=1S/C11H20Si2/c1-9-6-10(12-2)8-11(7-9)13(3,4)5/h6-8H,12H2,1-5H3. The Morgan fingerprint density at radius 3 is 2.15 bits per heavy atom. The van der Waals surface area contributed by atoms with E-state index in [0.717, 1.165) is 0 Å². The smallest absolute Gasteiger partial charge is 0.0708 e. The zero-order chi connectivity index (χ0) is 10.1. The topological polar surface area (TPSA) is 0 Å². The lowest BCUT2D eigenvalue weighted by Crippen LogP contribution is -2.40. The third kappa shape index (κ3) is 2.81. The van der Waals surface area contributed by atoms with Crippen molar-refractivity contribution >= 4 is 28.0 Å². The minimum Gasteiger partial charge on any atom is -0.0708 e. The summed E-state index contributed by atoms with van der Waals surface area (Å²) in [6, 6.07) is 7.18. The van der Waals surface area contributed by atoms with E-state index in [4.69, 9.17) is 0 Å². The van der Waals surface area contributed by atoms with Crippen LogP contribution in [0.5, 0.6) is 0 Å². The van der Waals surface area contributed by atoms with Crippen LogP contribution in [0.25, 0.3) is 0 Å². The Balaban J connectivity index is 3.16. The molecule has 0 amide bonds. The first-order valence-electron chi connectivity index (χ1n) is 5.04. The molecule has 0 nitrogen and oxygen atoms in total. The van der Waals surface area contributed by atoms with Gasteiger partial charge in [0.1, 0.15) is 0 Å². The predicted octanol–water partition coefficient (Wildman–Crippen LogP) is 1.38. The minimum absolute atomic E-state index is 0.0127. The van der Waals surface area contributed by atoms with Crippen molar-refractivity contribution in [3.8, 4) is 0 Å². The molecular weight excluding hydrogens is 188 g/mol. The molecule has 0 aromatic heterocycles. The highest BCUT2D eigenvalue weighted by molar-refractivity contribution is 6.88. The van der Waals surface area contributed by atoms with Crippen molar-refractivity contribution in [1.29, 1.82) is 0 Å². The van der Waals surface area contributed by atoms with Gasteiger partial charge in [0.05, 0.1) is 17.6 Å². The summed E-state index contributed by atoms with van der Waals surface area (Å²) in [5, 5.41) is 3.24. The molecule has 1 aromatic rings. The molecule has 0 aliphatic carbocycles. The van der Waals surface area contributed by atoms with Crippen LogP contribution in [-0.4, -0.2) is 17.6 Å². The molecule has 0 N–H and O–H groups in total.